The monoisotopic (exact) mass is 291 g/mol. The normalized spacial score (nSPS) is 9.90. The third kappa shape index (κ3) is 3.62. The molecule has 1 amide bonds. The van der Waals surface area contributed by atoms with Crippen LogP contribution < -0.4 is 5.32 Å². The van der Waals surface area contributed by atoms with Gasteiger partial charge < -0.3 is 14.6 Å². The molecule has 2 aromatic rings. The van der Waals surface area contributed by atoms with E-state index in [1.54, 1.807) is 0 Å². The topological polar surface area (TPSA) is 125 Å². The Morgan fingerprint density at radius 2 is 2.10 bits per heavy atom. The Bertz CT molecular complexity index is 667. The number of anilines is 1. The van der Waals surface area contributed by atoms with E-state index in [2.05, 4.69) is 15.0 Å². The van der Waals surface area contributed by atoms with Crippen molar-refractivity contribution >= 4 is 23.4 Å². The molecule has 0 saturated carbocycles. The van der Waals surface area contributed by atoms with E-state index in [0.717, 1.165) is 0 Å². The van der Waals surface area contributed by atoms with Crippen LogP contribution in [-0.4, -0.2) is 28.6 Å². The highest BCUT2D eigenvalue weighted by Gasteiger charge is 2.21. The van der Waals surface area contributed by atoms with Crippen molar-refractivity contribution in [3.05, 3.63) is 52.3 Å². The number of nitrogens with zero attached hydrogens (tertiary/aromatic N) is 2. The van der Waals surface area contributed by atoms with Gasteiger partial charge >= 0.3 is 5.97 Å². The molecule has 0 spiro atoms. The highest BCUT2D eigenvalue weighted by atomic mass is 16.6. The first-order chi connectivity index (χ1) is 10.1. The molecular formula is C12H9N3O6. The summed E-state index contributed by atoms with van der Waals surface area (Å²) in [6.07, 6.45) is 1.26. The quantitative estimate of drug-likeness (QED) is 0.501. The summed E-state index contributed by atoms with van der Waals surface area (Å²) < 4.78 is 9.22. The average Bonchev–Trinajstić information content (AvgIpc) is 2.97. The SMILES string of the molecule is O=C(COC(=O)c1ccccc1[N+](=O)[O-])Nc1ccon1. The predicted molar refractivity (Wildman–Crippen MR) is 68.5 cm³/mol. The van der Waals surface area contributed by atoms with Gasteiger partial charge in [0.25, 0.3) is 11.6 Å². The number of amides is 1. The van der Waals surface area contributed by atoms with Crippen molar-refractivity contribution in [2.24, 2.45) is 0 Å². The largest absolute Gasteiger partial charge is 0.452 e. The van der Waals surface area contributed by atoms with Gasteiger partial charge in [-0.15, -0.1) is 0 Å². The number of nitro groups is 1. The van der Waals surface area contributed by atoms with Crippen LogP contribution in [0.15, 0.2) is 41.1 Å². The van der Waals surface area contributed by atoms with Crippen molar-refractivity contribution in [3.63, 3.8) is 0 Å². The van der Waals surface area contributed by atoms with Crippen molar-refractivity contribution in [2.45, 2.75) is 0 Å². The molecule has 9 heteroatoms. The molecule has 1 heterocycles. The fourth-order valence-corrected chi connectivity index (χ4v) is 1.47. The number of para-hydroxylation sites is 1. The maximum absolute atomic E-state index is 11.7. The van der Waals surface area contributed by atoms with Crippen LogP contribution in [0.1, 0.15) is 10.4 Å². The molecule has 0 aliphatic rings. The summed E-state index contributed by atoms with van der Waals surface area (Å²) in [7, 11) is 0. The van der Waals surface area contributed by atoms with Crippen LogP contribution >= 0.6 is 0 Å². The van der Waals surface area contributed by atoms with Crippen molar-refractivity contribution in [2.75, 3.05) is 11.9 Å². The van der Waals surface area contributed by atoms with E-state index in [1.807, 2.05) is 0 Å². The summed E-state index contributed by atoms with van der Waals surface area (Å²) in [6.45, 7) is -0.599. The lowest BCUT2D eigenvalue weighted by Crippen LogP contribution is -2.21. The molecule has 1 N–H and O–H groups in total. The second-order valence-electron chi connectivity index (χ2n) is 3.78. The molecule has 0 aliphatic heterocycles. The molecular weight excluding hydrogens is 282 g/mol. The van der Waals surface area contributed by atoms with Crippen LogP contribution in [0.3, 0.4) is 0 Å². The predicted octanol–water partition coefficient (Wildman–Crippen LogP) is 1.38. The molecule has 21 heavy (non-hydrogen) atoms. The fourth-order valence-electron chi connectivity index (χ4n) is 1.47. The van der Waals surface area contributed by atoms with E-state index in [4.69, 9.17) is 4.74 Å². The zero-order chi connectivity index (χ0) is 15.2. The summed E-state index contributed by atoms with van der Waals surface area (Å²) in [4.78, 5) is 33.3. The number of carbonyl (C=O) groups is 2. The lowest BCUT2D eigenvalue weighted by molar-refractivity contribution is -0.385. The Kier molecular flexibility index (Phi) is 4.24. The maximum Gasteiger partial charge on any atom is 0.345 e. The number of rotatable bonds is 5. The summed E-state index contributed by atoms with van der Waals surface area (Å²) in [5.74, 6) is -1.44. The Hall–Kier alpha value is -3.23. The number of nitro benzene ring substituents is 1. The number of ether oxygens (including phenoxy) is 1. The van der Waals surface area contributed by atoms with Gasteiger partial charge in [0.2, 0.25) is 0 Å². The molecule has 2 rings (SSSR count). The summed E-state index contributed by atoms with van der Waals surface area (Å²) in [5, 5.41) is 16.5. The number of carbonyl (C=O) groups excluding carboxylic acids is 2. The van der Waals surface area contributed by atoms with Crippen molar-refractivity contribution in [1.29, 1.82) is 0 Å². The first-order valence-electron chi connectivity index (χ1n) is 5.68. The van der Waals surface area contributed by atoms with E-state index >= 15 is 0 Å². The smallest absolute Gasteiger partial charge is 0.345 e. The Morgan fingerprint density at radius 3 is 2.76 bits per heavy atom. The lowest BCUT2D eigenvalue weighted by Gasteiger charge is -2.04. The maximum atomic E-state index is 11.7. The van der Waals surface area contributed by atoms with Crippen LogP contribution in [-0.2, 0) is 9.53 Å². The third-order valence-corrected chi connectivity index (χ3v) is 2.36. The molecule has 0 atom stereocenters. The molecule has 0 unspecified atom stereocenters. The highest BCUT2D eigenvalue weighted by molar-refractivity contribution is 5.97. The van der Waals surface area contributed by atoms with Crippen molar-refractivity contribution in [1.82, 2.24) is 5.16 Å². The Morgan fingerprint density at radius 1 is 1.33 bits per heavy atom. The number of hydrogen-bond donors (Lipinski definition) is 1. The molecule has 0 fully saturated rings. The molecule has 9 nitrogen and oxygen atoms in total. The number of nitrogens with one attached hydrogen (secondary N) is 1. The molecule has 108 valence electrons. The Labute approximate surface area is 117 Å². The lowest BCUT2D eigenvalue weighted by atomic mass is 10.2. The number of benzene rings is 1. The van der Waals surface area contributed by atoms with Crippen LogP contribution in [0.2, 0.25) is 0 Å². The third-order valence-electron chi connectivity index (χ3n) is 2.36. The van der Waals surface area contributed by atoms with Gasteiger partial charge in [-0.3, -0.25) is 14.9 Å². The van der Waals surface area contributed by atoms with E-state index in [1.165, 1.54) is 36.6 Å². The van der Waals surface area contributed by atoms with E-state index < -0.39 is 23.4 Å². The van der Waals surface area contributed by atoms with Crippen LogP contribution in [0.25, 0.3) is 0 Å². The molecule has 0 aliphatic carbocycles. The second-order valence-corrected chi connectivity index (χ2v) is 3.78. The van der Waals surface area contributed by atoms with E-state index in [9.17, 15) is 19.7 Å². The molecule has 1 aromatic heterocycles. The fraction of sp³-hybridized carbons (Fsp3) is 0.0833. The van der Waals surface area contributed by atoms with Crippen molar-refractivity contribution < 1.29 is 23.8 Å². The van der Waals surface area contributed by atoms with Gasteiger partial charge in [-0.25, -0.2) is 4.79 Å². The molecule has 1 aromatic carbocycles. The summed E-state index contributed by atoms with van der Waals surface area (Å²) in [5.41, 5.74) is -0.615. The van der Waals surface area contributed by atoms with E-state index in [-0.39, 0.29) is 17.1 Å². The number of esters is 1. The Balaban J connectivity index is 1.96. The van der Waals surface area contributed by atoms with Gasteiger partial charge in [-0.2, -0.15) is 0 Å². The highest BCUT2D eigenvalue weighted by Crippen LogP contribution is 2.18. The van der Waals surface area contributed by atoms with Gasteiger partial charge in [0.05, 0.1) is 4.92 Å². The molecule has 0 saturated heterocycles. The van der Waals surface area contributed by atoms with Crippen LogP contribution in [0.4, 0.5) is 11.5 Å². The first-order valence-corrected chi connectivity index (χ1v) is 5.68. The van der Waals surface area contributed by atoms with E-state index in [0.29, 0.717) is 0 Å². The zero-order valence-electron chi connectivity index (χ0n) is 10.5. The van der Waals surface area contributed by atoms with Crippen LogP contribution in [0.5, 0.6) is 0 Å². The zero-order valence-corrected chi connectivity index (χ0v) is 10.5. The average molecular weight is 291 g/mol. The minimum Gasteiger partial charge on any atom is -0.452 e. The molecule has 0 radical (unpaired) electrons. The van der Waals surface area contributed by atoms with Crippen LogP contribution in [0, 0.1) is 10.1 Å². The van der Waals surface area contributed by atoms with Gasteiger partial charge in [0.15, 0.2) is 12.4 Å². The van der Waals surface area contributed by atoms with Gasteiger partial charge in [0.1, 0.15) is 11.8 Å². The van der Waals surface area contributed by atoms with Crippen molar-refractivity contribution in [3.8, 4) is 0 Å². The van der Waals surface area contributed by atoms with Gasteiger partial charge in [-0.1, -0.05) is 17.3 Å². The van der Waals surface area contributed by atoms with Gasteiger partial charge in [0, 0.05) is 12.1 Å². The summed E-state index contributed by atoms with van der Waals surface area (Å²) >= 11 is 0. The van der Waals surface area contributed by atoms with Gasteiger partial charge in [-0.05, 0) is 6.07 Å². The summed E-state index contributed by atoms with van der Waals surface area (Å²) in [6, 6.07) is 6.70. The number of aromatic nitrogens is 1. The first kappa shape index (κ1) is 14.2. The minimum atomic E-state index is -0.961. The minimum absolute atomic E-state index is 0.168. The number of hydrogen-bond acceptors (Lipinski definition) is 7. The standard InChI is InChI=1S/C12H9N3O6/c16-11(13-10-5-6-21-14-10)7-20-12(17)8-3-1-2-4-9(8)15(18)19/h1-6H,7H2,(H,13,14,16). The molecule has 0 bridgehead atoms. The second kappa shape index (κ2) is 6.28.